The molecule has 10 heavy (non-hydrogen) atoms. The van der Waals surface area contributed by atoms with Crippen LogP contribution in [0.2, 0.25) is 0 Å². The van der Waals surface area contributed by atoms with Crippen molar-refractivity contribution in [3.63, 3.8) is 0 Å². The molecular weight excluding hydrogens is 178 g/mol. The lowest BCUT2D eigenvalue weighted by atomic mass is 10.6. The number of halogens is 2. The van der Waals surface area contributed by atoms with Gasteiger partial charge in [0.05, 0.1) is 10.8 Å². The lowest BCUT2D eigenvalue weighted by Crippen LogP contribution is -1.99. The summed E-state index contributed by atoms with van der Waals surface area (Å²) in [5, 5.41) is 0. The fraction of sp³-hybridized carbons (Fsp3) is 1.00. The summed E-state index contributed by atoms with van der Waals surface area (Å²) in [4.78, 5) is 0. The molecule has 0 aliphatic carbocycles. The van der Waals surface area contributed by atoms with Gasteiger partial charge in [-0.3, -0.25) is 4.21 Å². The van der Waals surface area contributed by atoms with E-state index >= 15 is 0 Å². The van der Waals surface area contributed by atoms with Crippen LogP contribution in [0.15, 0.2) is 0 Å². The predicted octanol–water partition coefficient (Wildman–Crippen LogP) is 1.96. The van der Waals surface area contributed by atoms with E-state index in [-0.39, 0.29) is 5.75 Å². The largest absolute Gasteiger partial charge is 0.260 e. The molecule has 1 atom stereocenters. The lowest BCUT2D eigenvalue weighted by Gasteiger charge is -2.12. The van der Waals surface area contributed by atoms with Gasteiger partial charge >= 0.3 is 0 Å². The van der Waals surface area contributed by atoms with Crippen LogP contribution >= 0.6 is 10.8 Å². The van der Waals surface area contributed by atoms with Gasteiger partial charge in [0.25, 0.3) is 0 Å². The Bertz CT molecular complexity index is 121. The maximum atomic E-state index is 12.2. The third-order valence-electron chi connectivity index (χ3n) is 0.935. The Morgan fingerprint density at radius 1 is 1.50 bits per heavy atom. The van der Waals surface area contributed by atoms with Gasteiger partial charge in [-0.15, -0.1) is 0 Å². The molecule has 64 valence electrons. The van der Waals surface area contributed by atoms with Crippen LogP contribution in [-0.4, -0.2) is 28.2 Å². The quantitative estimate of drug-likeness (QED) is 0.662. The zero-order valence-corrected chi connectivity index (χ0v) is 7.73. The van der Waals surface area contributed by atoms with Crippen LogP contribution in [0, 0.1) is 0 Å². The number of hydrogen-bond donors (Lipinski definition) is 0. The van der Waals surface area contributed by atoms with E-state index in [9.17, 15) is 12.0 Å². The molecular formula is C5H12F2OS2. The van der Waals surface area contributed by atoms with Gasteiger partial charge in [-0.05, 0) is 6.42 Å². The summed E-state index contributed by atoms with van der Waals surface area (Å²) in [6.45, 7) is 0. The van der Waals surface area contributed by atoms with Crippen molar-refractivity contribution in [2.75, 3.05) is 24.0 Å². The van der Waals surface area contributed by atoms with E-state index < -0.39 is 21.6 Å². The highest BCUT2D eigenvalue weighted by Crippen LogP contribution is 2.47. The second kappa shape index (κ2) is 4.28. The van der Waals surface area contributed by atoms with Gasteiger partial charge in [0.15, 0.2) is 0 Å². The lowest BCUT2D eigenvalue weighted by molar-refractivity contribution is 0.685. The second-order valence-electron chi connectivity index (χ2n) is 2.21. The minimum Gasteiger partial charge on any atom is -0.260 e. The Morgan fingerprint density at radius 2 is 2.00 bits per heavy atom. The Hall–Kier alpha value is 0.360. The first-order chi connectivity index (χ1) is 4.42. The molecule has 0 saturated heterocycles. The van der Waals surface area contributed by atoms with E-state index in [4.69, 9.17) is 0 Å². The molecule has 0 saturated carbocycles. The normalized spacial score (nSPS) is 16.8. The fourth-order valence-electron chi connectivity index (χ4n) is 0.516. The Kier molecular flexibility index (Phi) is 4.44. The molecule has 0 rings (SSSR count). The van der Waals surface area contributed by atoms with E-state index in [1.54, 1.807) is 0 Å². The topological polar surface area (TPSA) is 17.1 Å². The van der Waals surface area contributed by atoms with Crippen LogP contribution in [0.1, 0.15) is 6.42 Å². The highest BCUT2D eigenvalue weighted by atomic mass is 32.3. The summed E-state index contributed by atoms with van der Waals surface area (Å²) < 4.78 is 34.7. The summed E-state index contributed by atoms with van der Waals surface area (Å²) in [7, 11) is -4.27. The van der Waals surface area contributed by atoms with Crippen LogP contribution in [0.5, 0.6) is 0 Å². The molecule has 0 amide bonds. The van der Waals surface area contributed by atoms with Gasteiger partial charge in [-0.25, -0.2) is 0 Å². The van der Waals surface area contributed by atoms with E-state index in [1.807, 2.05) is 0 Å². The molecule has 0 fully saturated rings. The van der Waals surface area contributed by atoms with Crippen LogP contribution in [0.4, 0.5) is 7.77 Å². The van der Waals surface area contributed by atoms with E-state index in [0.717, 1.165) is 6.26 Å². The Balaban J connectivity index is 3.29. The molecule has 0 radical (unpaired) electrons. The first kappa shape index (κ1) is 10.4. The average Bonchev–Trinajstić information content (AvgIpc) is 1.59. The fourth-order valence-corrected chi connectivity index (χ4v) is 1.90. The summed E-state index contributed by atoms with van der Waals surface area (Å²) in [6.07, 6.45) is 2.87. The van der Waals surface area contributed by atoms with Gasteiger partial charge < -0.3 is 0 Å². The molecule has 0 heterocycles. The molecule has 0 aromatic heterocycles. The maximum absolute atomic E-state index is 12.2. The van der Waals surface area contributed by atoms with Gasteiger partial charge in [-0.2, -0.15) is 7.77 Å². The SMILES string of the molecule is CS(=O)CCCS(C)(F)F. The van der Waals surface area contributed by atoms with E-state index in [1.165, 1.54) is 6.26 Å². The van der Waals surface area contributed by atoms with Crippen molar-refractivity contribution in [3.8, 4) is 0 Å². The Morgan fingerprint density at radius 3 is 2.30 bits per heavy atom. The molecule has 0 aliphatic heterocycles. The minimum absolute atomic E-state index is 0.0768. The monoisotopic (exact) mass is 190 g/mol. The molecule has 0 spiro atoms. The first-order valence-electron chi connectivity index (χ1n) is 2.87. The summed E-state index contributed by atoms with van der Waals surface area (Å²) in [5.74, 6) is 0.322. The van der Waals surface area contributed by atoms with Crippen molar-refractivity contribution in [2.24, 2.45) is 0 Å². The third-order valence-corrected chi connectivity index (χ3v) is 2.80. The average molecular weight is 190 g/mol. The molecule has 5 heteroatoms. The van der Waals surface area contributed by atoms with Crippen LogP contribution in [0.3, 0.4) is 0 Å². The number of hydrogen-bond acceptors (Lipinski definition) is 1. The number of rotatable bonds is 4. The first-order valence-corrected chi connectivity index (χ1v) is 6.61. The molecule has 0 N–H and O–H groups in total. The zero-order valence-electron chi connectivity index (χ0n) is 6.10. The van der Waals surface area contributed by atoms with Crippen molar-refractivity contribution >= 4 is 21.6 Å². The van der Waals surface area contributed by atoms with Gasteiger partial charge in [0, 0.05) is 34.8 Å². The van der Waals surface area contributed by atoms with Crippen molar-refractivity contribution in [1.82, 2.24) is 0 Å². The smallest absolute Gasteiger partial charge is 0.0544 e. The summed E-state index contributed by atoms with van der Waals surface area (Å²) in [5.41, 5.74) is 0. The van der Waals surface area contributed by atoms with Gasteiger partial charge in [-0.1, -0.05) is 0 Å². The van der Waals surface area contributed by atoms with E-state index in [0.29, 0.717) is 12.2 Å². The van der Waals surface area contributed by atoms with E-state index in [2.05, 4.69) is 0 Å². The molecule has 1 unspecified atom stereocenters. The summed E-state index contributed by atoms with van der Waals surface area (Å²) >= 11 is 0. The van der Waals surface area contributed by atoms with Gasteiger partial charge in [0.1, 0.15) is 0 Å². The third kappa shape index (κ3) is 8.36. The molecule has 1 nitrogen and oxygen atoms in total. The highest BCUT2D eigenvalue weighted by molar-refractivity contribution is 8.24. The molecule has 0 aromatic rings. The molecule has 0 bridgehead atoms. The highest BCUT2D eigenvalue weighted by Gasteiger charge is 2.13. The van der Waals surface area contributed by atoms with Crippen molar-refractivity contribution in [1.29, 1.82) is 0 Å². The summed E-state index contributed by atoms with van der Waals surface area (Å²) in [6, 6.07) is 0. The predicted molar refractivity (Wildman–Crippen MR) is 44.1 cm³/mol. The zero-order chi connectivity index (χ0) is 8.20. The molecule has 0 aliphatic rings. The van der Waals surface area contributed by atoms with Crippen molar-refractivity contribution in [3.05, 3.63) is 0 Å². The maximum Gasteiger partial charge on any atom is 0.0544 e. The molecule has 0 aromatic carbocycles. The van der Waals surface area contributed by atoms with Crippen molar-refractivity contribution < 1.29 is 12.0 Å². The van der Waals surface area contributed by atoms with Crippen LogP contribution < -0.4 is 0 Å². The van der Waals surface area contributed by atoms with Crippen LogP contribution in [-0.2, 0) is 10.8 Å². The van der Waals surface area contributed by atoms with Crippen molar-refractivity contribution in [2.45, 2.75) is 6.42 Å². The second-order valence-corrected chi connectivity index (χ2v) is 5.92. The minimum atomic E-state index is -3.35. The standard InChI is InChI=1S/C5H12F2OS2/c1-9(8)4-3-5-10(2,6)7/h3-5H2,1-2H3. The Labute approximate surface area is 64.6 Å². The van der Waals surface area contributed by atoms with Crippen LogP contribution in [0.25, 0.3) is 0 Å². The van der Waals surface area contributed by atoms with Gasteiger partial charge in [0.2, 0.25) is 0 Å².